The van der Waals surface area contributed by atoms with E-state index in [1.807, 2.05) is 30.4 Å². The Morgan fingerprint density at radius 3 is 2.57 bits per heavy atom. The first-order valence-corrected chi connectivity index (χ1v) is 7.14. The van der Waals surface area contributed by atoms with Gasteiger partial charge in [-0.05, 0) is 48.9 Å². The van der Waals surface area contributed by atoms with Crippen molar-refractivity contribution in [2.75, 3.05) is 4.90 Å². The molecule has 2 amide bonds. The first-order chi connectivity index (χ1) is 11.1. The fourth-order valence-corrected chi connectivity index (χ4v) is 1.97. The zero-order valence-electron chi connectivity index (χ0n) is 12.8. The molecule has 0 unspecified atom stereocenters. The van der Waals surface area contributed by atoms with Gasteiger partial charge >= 0.3 is 0 Å². The van der Waals surface area contributed by atoms with E-state index in [4.69, 9.17) is 0 Å². The van der Waals surface area contributed by atoms with Crippen molar-refractivity contribution in [3.8, 4) is 0 Å². The van der Waals surface area contributed by atoms with Crippen LogP contribution in [0.1, 0.15) is 13.3 Å². The van der Waals surface area contributed by atoms with Gasteiger partial charge in [-0.25, -0.2) is 4.90 Å². The molecule has 0 bridgehead atoms. The molecule has 116 valence electrons. The Hall–Kier alpha value is -3.08. The second kappa shape index (κ2) is 7.79. The third kappa shape index (κ3) is 4.44. The molecule has 23 heavy (non-hydrogen) atoms. The van der Waals surface area contributed by atoms with Crippen molar-refractivity contribution < 1.29 is 9.59 Å². The summed E-state index contributed by atoms with van der Waals surface area (Å²) in [6.45, 7) is 4.73. The van der Waals surface area contributed by atoms with Gasteiger partial charge in [-0.1, -0.05) is 24.8 Å². The highest BCUT2D eigenvalue weighted by Crippen LogP contribution is 2.21. The summed E-state index contributed by atoms with van der Waals surface area (Å²) in [5, 5.41) is 8.30. The van der Waals surface area contributed by atoms with Crippen LogP contribution in [-0.2, 0) is 9.59 Å². The first kappa shape index (κ1) is 16.3. The average Bonchev–Trinajstić information content (AvgIpc) is 2.82. The van der Waals surface area contributed by atoms with Crippen LogP contribution >= 0.6 is 0 Å². The molecule has 5 nitrogen and oxygen atoms in total. The Bertz CT molecular complexity index is 725. The molecule has 1 aromatic carbocycles. The van der Waals surface area contributed by atoms with Crippen LogP contribution in [0.25, 0.3) is 0 Å². The smallest absolute Gasteiger partial charge is 0.257 e. The summed E-state index contributed by atoms with van der Waals surface area (Å²) in [5.41, 5.74) is 1.86. The van der Waals surface area contributed by atoms with Crippen molar-refractivity contribution in [2.45, 2.75) is 13.3 Å². The normalized spacial score (nSPS) is 13.5. The molecule has 0 radical (unpaired) electrons. The third-order valence-corrected chi connectivity index (χ3v) is 3.06. The summed E-state index contributed by atoms with van der Waals surface area (Å²) in [6, 6.07) is 6.69. The average molecular weight is 307 g/mol. The number of anilines is 1. The predicted molar refractivity (Wildman–Crippen MR) is 90.3 cm³/mol. The number of benzene rings is 1. The molecule has 0 N–H and O–H groups in total. The molecule has 1 aromatic rings. The summed E-state index contributed by atoms with van der Waals surface area (Å²) >= 11 is 0. The number of carbonyl (C=O) groups excluding carboxylic acids is 2. The van der Waals surface area contributed by atoms with Gasteiger partial charge in [0.2, 0.25) is 5.91 Å². The lowest BCUT2D eigenvalue weighted by Gasteiger charge is -2.17. The van der Waals surface area contributed by atoms with Gasteiger partial charge in [-0.3, -0.25) is 9.59 Å². The molecule has 0 spiro atoms. The van der Waals surface area contributed by atoms with Crippen LogP contribution in [0.15, 0.2) is 83.2 Å². The van der Waals surface area contributed by atoms with E-state index in [0.717, 1.165) is 23.1 Å². The van der Waals surface area contributed by atoms with E-state index in [-0.39, 0.29) is 5.91 Å². The van der Waals surface area contributed by atoms with Gasteiger partial charge in [0.25, 0.3) is 5.91 Å². The second-order valence-electron chi connectivity index (χ2n) is 4.77. The quantitative estimate of drug-likeness (QED) is 0.617. The van der Waals surface area contributed by atoms with E-state index in [2.05, 4.69) is 16.8 Å². The summed E-state index contributed by atoms with van der Waals surface area (Å²) < 4.78 is 0. The van der Waals surface area contributed by atoms with E-state index < -0.39 is 5.91 Å². The van der Waals surface area contributed by atoms with E-state index in [1.165, 1.54) is 6.92 Å². The summed E-state index contributed by atoms with van der Waals surface area (Å²) in [4.78, 5) is 24.4. The molecule has 2 rings (SSSR count). The van der Waals surface area contributed by atoms with Crippen LogP contribution in [-0.4, -0.2) is 11.8 Å². The zero-order chi connectivity index (χ0) is 16.7. The minimum Gasteiger partial charge on any atom is -0.274 e. The number of carbonyl (C=O) groups is 2. The van der Waals surface area contributed by atoms with Gasteiger partial charge in [0, 0.05) is 6.92 Å². The Kier molecular flexibility index (Phi) is 5.52. The number of amides is 2. The number of rotatable bonds is 4. The number of hydrogen-bond donors (Lipinski definition) is 0. The fraction of sp³-hybridized carbons (Fsp3) is 0.111. The van der Waals surface area contributed by atoms with Gasteiger partial charge in [0.15, 0.2) is 0 Å². The number of imide groups is 1. The molecule has 0 saturated heterocycles. The molecule has 0 aromatic heterocycles. The Balaban J connectivity index is 2.17. The Morgan fingerprint density at radius 1 is 1.17 bits per heavy atom. The van der Waals surface area contributed by atoms with Crippen molar-refractivity contribution in [3.63, 3.8) is 0 Å². The SMILES string of the molecule is C=CC(=O)N(C(C)=O)c1ccc(N=NC2=CC=CCC=C2)cc1. The van der Waals surface area contributed by atoms with Crippen LogP contribution < -0.4 is 4.90 Å². The summed E-state index contributed by atoms with van der Waals surface area (Å²) in [6.07, 6.45) is 11.7. The standard InChI is InChI=1S/C18H17N3O2/c1-3-18(23)21(14(2)22)17-12-10-16(11-13-17)20-19-15-8-6-4-5-7-9-15/h3-4,6-13H,1,5H2,2H3. The summed E-state index contributed by atoms with van der Waals surface area (Å²) in [7, 11) is 0. The maximum absolute atomic E-state index is 11.7. The van der Waals surface area contributed by atoms with Crippen LogP contribution in [0.3, 0.4) is 0 Å². The lowest BCUT2D eigenvalue weighted by Crippen LogP contribution is -2.33. The van der Waals surface area contributed by atoms with Gasteiger partial charge in [0.1, 0.15) is 0 Å². The van der Waals surface area contributed by atoms with Crippen molar-refractivity contribution in [2.24, 2.45) is 10.2 Å². The van der Waals surface area contributed by atoms with Crippen molar-refractivity contribution in [1.82, 2.24) is 0 Å². The van der Waals surface area contributed by atoms with Crippen molar-refractivity contribution in [3.05, 3.63) is 73.0 Å². The van der Waals surface area contributed by atoms with Crippen LogP contribution in [0.2, 0.25) is 0 Å². The molecular formula is C18H17N3O2. The van der Waals surface area contributed by atoms with Gasteiger partial charge in [-0.15, -0.1) is 0 Å². The second-order valence-corrected chi connectivity index (χ2v) is 4.77. The molecule has 1 aliphatic rings. The van der Waals surface area contributed by atoms with Gasteiger partial charge in [-0.2, -0.15) is 10.2 Å². The van der Waals surface area contributed by atoms with Gasteiger partial charge < -0.3 is 0 Å². The monoisotopic (exact) mass is 307 g/mol. The third-order valence-electron chi connectivity index (χ3n) is 3.06. The van der Waals surface area contributed by atoms with Crippen molar-refractivity contribution >= 4 is 23.2 Å². The lowest BCUT2D eigenvalue weighted by atomic mass is 10.2. The molecule has 0 saturated carbocycles. The molecule has 0 aliphatic heterocycles. The number of nitrogens with zero attached hydrogens (tertiary/aromatic N) is 3. The minimum atomic E-state index is -0.465. The largest absolute Gasteiger partial charge is 0.274 e. The molecular weight excluding hydrogens is 290 g/mol. The molecule has 5 heteroatoms. The first-order valence-electron chi connectivity index (χ1n) is 7.14. The maximum atomic E-state index is 11.7. The maximum Gasteiger partial charge on any atom is 0.257 e. The van der Waals surface area contributed by atoms with Crippen molar-refractivity contribution in [1.29, 1.82) is 0 Å². The van der Waals surface area contributed by atoms with E-state index >= 15 is 0 Å². The molecule has 0 atom stereocenters. The molecule has 0 heterocycles. The molecule has 1 aliphatic carbocycles. The van der Waals surface area contributed by atoms with Crippen LogP contribution in [0.4, 0.5) is 11.4 Å². The van der Waals surface area contributed by atoms with Crippen LogP contribution in [0, 0.1) is 0 Å². The lowest BCUT2D eigenvalue weighted by molar-refractivity contribution is -0.122. The Labute approximate surface area is 135 Å². The predicted octanol–water partition coefficient (Wildman–Crippen LogP) is 4.24. The number of azo groups is 1. The minimum absolute atomic E-state index is 0.371. The zero-order valence-corrected chi connectivity index (χ0v) is 12.8. The fourth-order valence-electron chi connectivity index (χ4n) is 1.97. The summed E-state index contributed by atoms with van der Waals surface area (Å²) in [5.74, 6) is -0.836. The topological polar surface area (TPSA) is 62.1 Å². The highest BCUT2D eigenvalue weighted by atomic mass is 16.2. The molecule has 0 fully saturated rings. The number of allylic oxidation sites excluding steroid dienone is 5. The van der Waals surface area contributed by atoms with Crippen LogP contribution in [0.5, 0.6) is 0 Å². The highest BCUT2D eigenvalue weighted by molar-refractivity contribution is 6.17. The van der Waals surface area contributed by atoms with E-state index in [0.29, 0.717) is 11.4 Å². The van der Waals surface area contributed by atoms with E-state index in [9.17, 15) is 9.59 Å². The highest BCUT2D eigenvalue weighted by Gasteiger charge is 2.17. The number of hydrogen-bond acceptors (Lipinski definition) is 4. The van der Waals surface area contributed by atoms with E-state index in [1.54, 1.807) is 24.3 Å². The van der Waals surface area contributed by atoms with Gasteiger partial charge in [0.05, 0.1) is 17.1 Å². The Morgan fingerprint density at radius 2 is 1.91 bits per heavy atom.